The summed E-state index contributed by atoms with van der Waals surface area (Å²) in [4.78, 5) is 15.5. The van der Waals surface area contributed by atoms with Gasteiger partial charge in [0.05, 0.1) is 77.2 Å². The lowest BCUT2D eigenvalue weighted by atomic mass is 9.80. The van der Waals surface area contributed by atoms with Gasteiger partial charge in [-0.2, -0.15) is 0 Å². The zero-order valence-corrected chi connectivity index (χ0v) is 28.9. The third-order valence-electron chi connectivity index (χ3n) is 7.72. The second-order valence-corrected chi connectivity index (χ2v) is 10.9. The minimum atomic E-state index is -0.183. The number of ether oxygens (including phenoxy) is 8. The number of allylic oxidation sites excluding steroid dienone is 7. The highest BCUT2D eigenvalue weighted by atomic mass is 16.5. The first-order chi connectivity index (χ1) is 23.5. The molecule has 0 radical (unpaired) electrons. The van der Waals surface area contributed by atoms with Crippen LogP contribution in [-0.4, -0.2) is 155 Å². The molecule has 0 atom stereocenters. The van der Waals surface area contributed by atoms with Crippen LogP contribution in [0.4, 0.5) is 5.69 Å². The predicted octanol–water partition coefficient (Wildman–Crippen LogP) is 2.87. The third kappa shape index (κ3) is 12.7. The Morgan fingerprint density at radius 3 is 1.48 bits per heavy atom. The van der Waals surface area contributed by atoms with E-state index in [2.05, 4.69) is 9.48 Å². The zero-order valence-electron chi connectivity index (χ0n) is 28.9. The number of benzene rings is 1. The van der Waals surface area contributed by atoms with Crippen LogP contribution in [0.2, 0.25) is 0 Å². The van der Waals surface area contributed by atoms with Crippen LogP contribution in [0, 0.1) is 0 Å². The van der Waals surface area contributed by atoms with Gasteiger partial charge >= 0.3 is 0 Å². The Hall–Kier alpha value is -3.20. The summed E-state index contributed by atoms with van der Waals surface area (Å²) in [5.74, 6) is -0.178. The van der Waals surface area contributed by atoms with E-state index in [9.17, 15) is 9.90 Å². The van der Waals surface area contributed by atoms with Crippen LogP contribution in [0.1, 0.15) is 5.56 Å². The maximum absolute atomic E-state index is 13.3. The van der Waals surface area contributed by atoms with Crippen molar-refractivity contribution in [1.29, 1.82) is 0 Å². The standard InChI is InChI=1S/C36H52N2O10/c1-41-21-25-45-17-13-37(14-18-46-26-22-42-2)31-9-5-29(6-10-31)33-35(39)34(36(33)40)30-7-11-32(12-8-30)38(15-19-47-27-23-43-3)16-20-48-28-24-44-4/h5-12H,13-28H2,1-4H3/p+1. The van der Waals surface area contributed by atoms with Crippen molar-refractivity contribution in [1.82, 2.24) is 0 Å². The number of hydrogen-bond acceptors (Lipinski definition) is 11. The number of anilines is 1. The summed E-state index contributed by atoms with van der Waals surface area (Å²) in [6.07, 6.45) is 7.63. The molecule has 2 aliphatic rings. The van der Waals surface area contributed by atoms with E-state index in [-0.39, 0.29) is 11.5 Å². The fourth-order valence-corrected chi connectivity index (χ4v) is 5.03. The van der Waals surface area contributed by atoms with Gasteiger partial charge in [-0.05, 0) is 35.4 Å². The topological polar surface area (TPSA) is 117 Å². The second-order valence-electron chi connectivity index (χ2n) is 10.9. The Morgan fingerprint density at radius 2 is 1.04 bits per heavy atom. The van der Waals surface area contributed by atoms with Crippen LogP contribution in [0.25, 0.3) is 5.57 Å². The van der Waals surface area contributed by atoms with Crippen molar-refractivity contribution in [2.75, 3.05) is 139 Å². The molecule has 0 heterocycles. The van der Waals surface area contributed by atoms with E-state index in [1.54, 1.807) is 28.4 Å². The monoisotopic (exact) mass is 673 g/mol. The molecule has 3 rings (SSSR count). The third-order valence-corrected chi connectivity index (χ3v) is 7.72. The minimum absolute atomic E-state index is 0.00499. The highest BCUT2D eigenvalue weighted by Crippen LogP contribution is 2.39. The van der Waals surface area contributed by atoms with Crippen LogP contribution < -0.4 is 4.90 Å². The largest absolute Gasteiger partial charge is 0.506 e. The van der Waals surface area contributed by atoms with Gasteiger partial charge in [-0.1, -0.05) is 12.1 Å². The molecule has 0 fully saturated rings. The number of nitrogens with zero attached hydrogens (tertiary/aromatic N) is 2. The van der Waals surface area contributed by atoms with E-state index in [1.165, 1.54) is 0 Å². The second kappa shape index (κ2) is 23.2. The molecule has 48 heavy (non-hydrogen) atoms. The van der Waals surface area contributed by atoms with E-state index in [0.717, 1.165) is 11.4 Å². The van der Waals surface area contributed by atoms with E-state index >= 15 is 0 Å². The summed E-state index contributed by atoms with van der Waals surface area (Å²) < 4.78 is 45.1. The SMILES string of the molecule is COCCOCCN(CCOCCOC)c1ccc(C2=C(O)C(=C3C=CC(=[N+](CCOCCOC)CCOCCOC)C=C3)C2=O)cc1. The molecule has 1 aromatic carbocycles. The molecule has 0 saturated carbocycles. The lowest BCUT2D eigenvalue weighted by molar-refractivity contribution is -0.532. The minimum Gasteiger partial charge on any atom is -0.506 e. The molecule has 12 heteroatoms. The molecule has 266 valence electrons. The highest BCUT2D eigenvalue weighted by Gasteiger charge is 2.36. The van der Waals surface area contributed by atoms with Crippen molar-refractivity contribution < 1.29 is 52.4 Å². The van der Waals surface area contributed by atoms with Crippen molar-refractivity contribution in [3.05, 3.63) is 71.0 Å². The molecule has 12 nitrogen and oxygen atoms in total. The van der Waals surface area contributed by atoms with Crippen molar-refractivity contribution in [3.8, 4) is 0 Å². The van der Waals surface area contributed by atoms with Gasteiger partial charge in [-0.25, -0.2) is 4.58 Å². The van der Waals surface area contributed by atoms with Gasteiger partial charge in [-0.15, -0.1) is 0 Å². The summed E-state index contributed by atoms with van der Waals surface area (Å²) in [7, 11) is 6.59. The number of Topliss-reactive ketones (excluding diaryl/α,β-unsaturated/α-hetero) is 1. The van der Waals surface area contributed by atoms with Crippen molar-refractivity contribution in [2.45, 2.75) is 0 Å². The van der Waals surface area contributed by atoms with Gasteiger partial charge < -0.3 is 47.9 Å². The zero-order chi connectivity index (χ0) is 34.4. The molecule has 2 aliphatic carbocycles. The van der Waals surface area contributed by atoms with Crippen molar-refractivity contribution >= 4 is 22.8 Å². The molecule has 0 aromatic heterocycles. The van der Waals surface area contributed by atoms with Gasteiger partial charge in [-0.3, -0.25) is 4.79 Å². The van der Waals surface area contributed by atoms with Crippen LogP contribution in [0.3, 0.4) is 0 Å². The number of hydrogen-bond donors (Lipinski definition) is 1. The number of ketones is 1. The van der Waals surface area contributed by atoms with Gasteiger partial charge in [0.25, 0.3) is 0 Å². The van der Waals surface area contributed by atoms with E-state index in [0.29, 0.717) is 128 Å². The van der Waals surface area contributed by atoms with Gasteiger partial charge in [0.1, 0.15) is 19.0 Å². The Labute approximate surface area is 284 Å². The molecule has 1 N–H and O–H groups in total. The molecular formula is C36H53N2O10+. The Balaban J connectivity index is 1.70. The Kier molecular flexibility index (Phi) is 19.0. The molecule has 1 aromatic rings. The van der Waals surface area contributed by atoms with Crippen molar-refractivity contribution in [2.24, 2.45) is 0 Å². The summed E-state index contributed by atoms with van der Waals surface area (Å²) in [6, 6.07) is 7.63. The average Bonchev–Trinajstić information content (AvgIpc) is 3.10. The number of carbonyl (C=O) groups excluding carboxylic acids is 1. The van der Waals surface area contributed by atoms with E-state index in [4.69, 9.17) is 37.9 Å². The van der Waals surface area contributed by atoms with Gasteiger partial charge in [0.2, 0.25) is 5.78 Å². The molecule has 0 bridgehead atoms. The summed E-state index contributed by atoms with van der Waals surface area (Å²) in [5.41, 5.74) is 3.91. The first-order valence-corrected chi connectivity index (χ1v) is 16.4. The number of aliphatic hydroxyl groups excluding tert-OH is 1. The van der Waals surface area contributed by atoms with Gasteiger partial charge in [0.15, 0.2) is 18.8 Å². The summed E-state index contributed by atoms with van der Waals surface area (Å²) >= 11 is 0. The Bertz CT molecular complexity index is 1220. The first-order valence-electron chi connectivity index (χ1n) is 16.4. The number of aliphatic hydroxyl groups is 1. The molecule has 0 spiro atoms. The highest BCUT2D eigenvalue weighted by molar-refractivity contribution is 6.39. The first kappa shape index (κ1) is 39.2. The van der Waals surface area contributed by atoms with E-state index in [1.807, 2.05) is 48.6 Å². The molecule has 0 unspecified atom stereocenters. The van der Waals surface area contributed by atoms with Crippen LogP contribution in [0.5, 0.6) is 0 Å². The maximum Gasteiger partial charge on any atom is 0.201 e. The smallest absolute Gasteiger partial charge is 0.201 e. The van der Waals surface area contributed by atoms with Crippen LogP contribution >= 0.6 is 0 Å². The summed E-state index contributed by atoms with van der Waals surface area (Å²) in [6.45, 7) is 9.06. The average molecular weight is 674 g/mol. The van der Waals surface area contributed by atoms with E-state index < -0.39 is 0 Å². The fraction of sp³-hybridized carbons (Fsp3) is 0.556. The molecule has 0 aliphatic heterocycles. The molecular weight excluding hydrogens is 620 g/mol. The Morgan fingerprint density at radius 1 is 0.583 bits per heavy atom. The van der Waals surface area contributed by atoms with Gasteiger partial charge in [0, 0.05) is 59.4 Å². The lowest BCUT2D eigenvalue weighted by Gasteiger charge is -2.26. The number of methoxy groups -OCH3 is 4. The number of rotatable bonds is 26. The summed E-state index contributed by atoms with van der Waals surface area (Å²) in [5, 5.41) is 11.0. The predicted molar refractivity (Wildman–Crippen MR) is 184 cm³/mol. The molecule has 0 amide bonds. The quantitative estimate of drug-likeness (QED) is 0.0889. The lowest BCUT2D eigenvalue weighted by Crippen LogP contribution is -2.31. The maximum atomic E-state index is 13.3. The fourth-order valence-electron chi connectivity index (χ4n) is 5.03. The molecule has 0 saturated heterocycles. The number of carbonyl (C=O) groups is 1. The van der Waals surface area contributed by atoms with Crippen LogP contribution in [-0.2, 0) is 42.7 Å². The normalized spacial score (nSPS) is 14.3. The van der Waals surface area contributed by atoms with Crippen LogP contribution in [0.15, 0.2) is 65.5 Å². The van der Waals surface area contributed by atoms with Crippen molar-refractivity contribution in [3.63, 3.8) is 0 Å².